The fraction of sp³-hybridized carbons (Fsp3) is 0.0870. The van der Waals surface area contributed by atoms with Gasteiger partial charge < -0.3 is 14.6 Å². The quantitative estimate of drug-likeness (QED) is 0.489. The molecule has 0 atom stereocenters. The van der Waals surface area contributed by atoms with Crippen molar-refractivity contribution in [3.8, 4) is 17.1 Å². The van der Waals surface area contributed by atoms with E-state index < -0.39 is 5.91 Å². The average molecular weight is 403 g/mol. The van der Waals surface area contributed by atoms with Crippen molar-refractivity contribution in [3.05, 3.63) is 95.6 Å². The van der Waals surface area contributed by atoms with E-state index in [0.717, 1.165) is 5.56 Å². The minimum absolute atomic E-state index is 0.00326. The molecule has 3 aromatic carbocycles. The van der Waals surface area contributed by atoms with Gasteiger partial charge in [0.1, 0.15) is 11.6 Å². The van der Waals surface area contributed by atoms with E-state index in [0.29, 0.717) is 28.4 Å². The molecule has 0 fully saturated rings. The average Bonchev–Trinajstić information content (AvgIpc) is 3.25. The lowest BCUT2D eigenvalue weighted by Gasteiger charge is -2.11. The number of carbonyl (C=O) groups excluding carboxylic acids is 1. The van der Waals surface area contributed by atoms with Crippen molar-refractivity contribution in [3.63, 3.8) is 0 Å². The van der Waals surface area contributed by atoms with Gasteiger partial charge in [0, 0.05) is 11.3 Å². The Morgan fingerprint density at radius 1 is 1.07 bits per heavy atom. The number of carbonyl (C=O) groups is 1. The van der Waals surface area contributed by atoms with Crippen molar-refractivity contribution in [2.24, 2.45) is 0 Å². The Hall–Kier alpha value is -4.00. The van der Waals surface area contributed by atoms with Crippen LogP contribution in [0.1, 0.15) is 21.8 Å². The molecular weight excluding hydrogens is 385 g/mol. The molecule has 4 rings (SSSR count). The molecule has 0 unspecified atom stereocenters. The van der Waals surface area contributed by atoms with Crippen LogP contribution in [0.2, 0.25) is 0 Å². The number of aryl methyl sites for hydroxylation is 1. The minimum atomic E-state index is -0.413. The van der Waals surface area contributed by atoms with Gasteiger partial charge in [0.2, 0.25) is 5.82 Å². The normalized spacial score (nSPS) is 10.6. The van der Waals surface area contributed by atoms with Crippen LogP contribution in [0.15, 0.2) is 77.3 Å². The Labute approximate surface area is 172 Å². The van der Waals surface area contributed by atoms with Gasteiger partial charge in [0.05, 0.1) is 5.56 Å². The lowest BCUT2D eigenvalue weighted by atomic mass is 10.1. The largest absolute Gasteiger partial charge is 0.483 e. The number of benzene rings is 3. The number of hydrogen-bond acceptors (Lipinski definition) is 5. The highest BCUT2D eigenvalue weighted by Crippen LogP contribution is 2.22. The molecule has 0 spiro atoms. The smallest absolute Gasteiger partial charge is 0.264 e. The summed E-state index contributed by atoms with van der Waals surface area (Å²) < 4.78 is 24.7. The van der Waals surface area contributed by atoms with Gasteiger partial charge >= 0.3 is 0 Å². The fourth-order valence-corrected chi connectivity index (χ4v) is 2.81. The maximum absolute atomic E-state index is 13.7. The maximum atomic E-state index is 13.7. The Kier molecular flexibility index (Phi) is 5.52. The van der Waals surface area contributed by atoms with Crippen molar-refractivity contribution in [2.75, 3.05) is 5.32 Å². The first-order chi connectivity index (χ1) is 14.6. The molecule has 0 saturated carbocycles. The van der Waals surface area contributed by atoms with Gasteiger partial charge in [0.15, 0.2) is 6.61 Å². The third kappa shape index (κ3) is 4.35. The fourth-order valence-electron chi connectivity index (χ4n) is 2.81. The summed E-state index contributed by atoms with van der Waals surface area (Å²) in [7, 11) is 0. The number of para-hydroxylation sites is 1. The van der Waals surface area contributed by atoms with Gasteiger partial charge in [-0.05, 0) is 36.8 Å². The van der Waals surface area contributed by atoms with Crippen LogP contribution < -0.4 is 10.1 Å². The number of rotatable bonds is 6. The highest BCUT2D eigenvalue weighted by Gasteiger charge is 2.15. The molecule has 0 aliphatic heterocycles. The number of hydrogen-bond donors (Lipinski definition) is 1. The standard InChI is InChI=1S/C23H18FN3O3/c1-15-11-12-17(13-19(15)24)25-23(28)18-9-5-6-10-20(18)29-14-21-26-22(27-30-21)16-7-3-2-4-8-16/h2-13H,14H2,1H3,(H,25,28). The van der Waals surface area contributed by atoms with E-state index in [9.17, 15) is 9.18 Å². The Bertz CT molecular complexity index is 1180. The van der Waals surface area contributed by atoms with Crippen LogP contribution >= 0.6 is 0 Å². The van der Waals surface area contributed by atoms with Gasteiger partial charge in [-0.3, -0.25) is 4.79 Å². The lowest BCUT2D eigenvalue weighted by molar-refractivity contribution is 0.102. The summed E-state index contributed by atoms with van der Waals surface area (Å²) in [6, 6.07) is 20.7. The molecule has 1 N–H and O–H groups in total. The van der Waals surface area contributed by atoms with Crippen LogP contribution in [0, 0.1) is 12.7 Å². The second kappa shape index (κ2) is 8.57. The molecule has 0 saturated heterocycles. The summed E-state index contributed by atoms with van der Waals surface area (Å²) in [4.78, 5) is 17.0. The van der Waals surface area contributed by atoms with Gasteiger partial charge in [-0.15, -0.1) is 0 Å². The van der Waals surface area contributed by atoms with E-state index in [-0.39, 0.29) is 18.3 Å². The lowest BCUT2D eigenvalue weighted by Crippen LogP contribution is -2.14. The van der Waals surface area contributed by atoms with E-state index >= 15 is 0 Å². The molecule has 1 amide bonds. The highest BCUT2D eigenvalue weighted by atomic mass is 19.1. The van der Waals surface area contributed by atoms with E-state index in [4.69, 9.17) is 9.26 Å². The molecule has 0 aliphatic carbocycles. The first kappa shape index (κ1) is 19.3. The summed E-state index contributed by atoms with van der Waals surface area (Å²) in [6.45, 7) is 1.66. The number of halogens is 1. The molecule has 30 heavy (non-hydrogen) atoms. The van der Waals surface area contributed by atoms with Crippen LogP contribution in [0.4, 0.5) is 10.1 Å². The summed E-state index contributed by atoms with van der Waals surface area (Å²) in [5, 5.41) is 6.63. The van der Waals surface area contributed by atoms with Crippen molar-refractivity contribution < 1.29 is 18.4 Å². The molecule has 1 aromatic heterocycles. The van der Waals surface area contributed by atoms with Crippen LogP contribution in [0.5, 0.6) is 5.75 Å². The molecule has 7 heteroatoms. The minimum Gasteiger partial charge on any atom is -0.483 e. The molecule has 0 aliphatic rings. The van der Waals surface area contributed by atoms with Gasteiger partial charge in [-0.2, -0.15) is 4.98 Å². The SMILES string of the molecule is Cc1ccc(NC(=O)c2ccccc2OCc2nc(-c3ccccc3)no2)cc1F. The number of ether oxygens (including phenoxy) is 1. The third-order valence-corrected chi connectivity index (χ3v) is 4.41. The molecule has 4 aromatic rings. The zero-order valence-electron chi connectivity index (χ0n) is 16.1. The van der Waals surface area contributed by atoms with Crippen LogP contribution in [-0.4, -0.2) is 16.0 Å². The predicted octanol–water partition coefficient (Wildman–Crippen LogP) is 5.02. The molecule has 0 radical (unpaired) electrons. The van der Waals surface area contributed by atoms with Crippen LogP contribution in [-0.2, 0) is 6.61 Å². The van der Waals surface area contributed by atoms with Gasteiger partial charge in [-0.25, -0.2) is 4.39 Å². The Balaban J connectivity index is 1.46. The first-order valence-corrected chi connectivity index (χ1v) is 9.27. The Morgan fingerprint density at radius 2 is 1.83 bits per heavy atom. The molecular formula is C23H18FN3O3. The highest BCUT2D eigenvalue weighted by molar-refractivity contribution is 6.06. The maximum Gasteiger partial charge on any atom is 0.264 e. The van der Waals surface area contributed by atoms with E-state index in [1.54, 1.807) is 43.3 Å². The van der Waals surface area contributed by atoms with Crippen molar-refractivity contribution in [1.82, 2.24) is 10.1 Å². The number of aromatic nitrogens is 2. The van der Waals surface area contributed by atoms with Gasteiger partial charge in [-0.1, -0.05) is 53.7 Å². The molecule has 0 bridgehead atoms. The predicted molar refractivity (Wildman–Crippen MR) is 110 cm³/mol. The summed E-state index contributed by atoms with van der Waals surface area (Å²) in [5.74, 6) is 0.292. The van der Waals surface area contributed by atoms with E-state index in [1.807, 2.05) is 30.3 Å². The van der Waals surface area contributed by atoms with Gasteiger partial charge in [0.25, 0.3) is 11.8 Å². The van der Waals surface area contributed by atoms with E-state index in [1.165, 1.54) is 6.07 Å². The first-order valence-electron chi connectivity index (χ1n) is 9.27. The number of nitrogens with zero attached hydrogens (tertiary/aromatic N) is 2. The zero-order chi connectivity index (χ0) is 20.9. The molecule has 6 nitrogen and oxygen atoms in total. The summed E-state index contributed by atoms with van der Waals surface area (Å²) in [5.41, 5.74) is 2.01. The van der Waals surface area contributed by atoms with Crippen molar-refractivity contribution in [2.45, 2.75) is 13.5 Å². The summed E-state index contributed by atoms with van der Waals surface area (Å²) >= 11 is 0. The Morgan fingerprint density at radius 3 is 2.63 bits per heavy atom. The monoisotopic (exact) mass is 403 g/mol. The zero-order valence-corrected chi connectivity index (χ0v) is 16.1. The van der Waals surface area contributed by atoms with E-state index in [2.05, 4.69) is 15.5 Å². The number of amides is 1. The van der Waals surface area contributed by atoms with Crippen LogP contribution in [0.3, 0.4) is 0 Å². The summed E-state index contributed by atoms with van der Waals surface area (Å²) in [6.07, 6.45) is 0. The van der Waals surface area contributed by atoms with Crippen molar-refractivity contribution in [1.29, 1.82) is 0 Å². The second-order valence-corrected chi connectivity index (χ2v) is 6.58. The second-order valence-electron chi connectivity index (χ2n) is 6.58. The number of anilines is 1. The topological polar surface area (TPSA) is 77.2 Å². The third-order valence-electron chi connectivity index (χ3n) is 4.41. The molecule has 1 heterocycles. The molecule has 150 valence electrons. The van der Waals surface area contributed by atoms with Crippen LogP contribution in [0.25, 0.3) is 11.4 Å². The van der Waals surface area contributed by atoms with Crippen molar-refractivity contribution >= 4 is 11.6 Å². The number of nitrogens with one attached hydrogen (secondary N) is 1.